The fourth-order valence-electron chi connectivity index (χ4n) is 2.83. The molecule has 0 atom stereocenters. The first-order valence-electron chi connectivity index (χ1n) is 9.72. The minimum absolute atomic E-state index is 0.154. The summed E-state index contributed by atoms with van der Waals surface area (Å²) in [4.78, 5) is 12.5. The van der Waals surface area contributed by atoms with E-state index in [1.807, 2.05) is 16.7 Å². The lowest BCUT2D eigenvalue weighted by Gasteiger charge is -2.11. The van der Waals surface area contributed by atoms with Crippen molar-refractivity contribution in [3.8, 4) is 5.75 Å². The Bertz CT molecular complexity index is 1140. The maximum Gasteiger partial charge on any atom is 0.234 e. The molecule has 174 valence electrons. The van der Waals surface area contributed by atoms with Crippen LogP contribution in [0.2, 0.25) is 15.1 Å². The van der Waals surface area contributed by atoms with Crippen molar-refractivity contribution in [1.29, 1.82) is 0 Å². The van der Waals surface area contributed by atoms with Crippen LogP contribution in [-0.4, -0.2) is 33.5 Å². The molecule has 33 heavy (non-hydrogen) atoms. The van der Waals surface area contributed by atoms with Crippen LogP contribution in [0.5, 0.6) is 5.75 Å². The van der Waals surface area contributed by atoms with Crippen LogP contribution >= 0.6 is 58.3 Å². The highest BCUT2D eigenvalue weighted by molar-refractivity contribution is 7.99. The SMILES string of the molecule is C=CCn1c(CSCc2ccc(Cl)c(Cl)c2)nnc1SCC(=O)Nc1cc(Cl)ccc1OC. The van der Waals surface area contributed by atoms with Crippen LogP contribution in [0.1, 0.15) is 11.4 Å². The van der Waals surface area contributed by atoms with Crippen LogP contribution in [0.15, 0.2) is 54.2 Å². The molecule has 1 aromatic heterocycles. The van der Waals surface area contributed by atoms with Gasteiger partial charge >= 0.3 is 0 Å². The second-order valence-electron chi connectivity index (χ2n) is 6.72. The van der Waals surface area contributed by atoms with Crippen molar-refractivity contribution in [2.45, 2.75) is 23.2 Å². The molecule has 0 aliphatic heterocycles. The molecule has 0 saturated carbocycles. The summed E-state index contributed by atoms with van der Waals surface area (Å²) in [6, 6.07) is 10.6. The van der Waals surface area contributed by atoms with Gasteiger partial charge in [0.2, 0.25) is 5.91 Å². The Hall–Kier alpha value is -1.84. The molecule has 0 unspecified atom stereocenters. The van der Waals surface area contributed by atoms with Gasteiger partial charge in [-0.25, -0.2) is 0 Å². The van der Waals surface area contributed by atoms with E-state index >= 15 is 0 Å². The lowest BCUT2D eigenvalue weighted by atomic mass is 10.2. The maximum atomic E-state index is 12.5. The molecule has 1 amide bonds. The number of amides is 1. The third kappa shape index (κ3) is 7.32. The normalized spacial score (nSPS) is 10.8. The van der Waals surface area contributed by atoms with Gasteiger partial charge in [-0.15, -0.1) is 28.5 Å². The number of nitrogens with zero attached hydrogens (tertiary/aromatic N) is 3. The number of hydrogen-bond donors (Lipinski definition) is 1. The van der Waals surface area contributed by atoms with Gasteiger partial charge in [-0.2, -0.15) is 0 Å². The van der Waals surface area contributed by atoms with Crippen LogP contribution in [0.25, 0.3) is 0 Å². The van der Waals surface area contributed by atoms with Crippen molar-refractivity contribution in [2.75, 3.05) is 18.2 Å². The number of nitrogens with one attached hydrogen (secondary N) is 1. The lowest BCUT2D eigenvalue weighted by Crippen LogP contribution is -2.15. The summed E-state index contributed by atoms with van der Waals surface area (Å²) in [5, 5.41) is 13.6. The van der Waals surface area contributed by atoms with Gasteiger partial charge in [-0.3, -0.25) is 4.79 Å². The number of ether oxygens (including phenoxy) is 1. The van der Waals surface area contributed by atoms with Crippen molar-refractivity contribution in [3.05, 3.63) is 75.5 Å². The molecule has 0 aliphatic carbocycles. The number of rotatable bonds is 11. The molecule has 11 heteroatoms. The molecule has 0 aliphatic rings. The Morgan fingerprint density at radius 3 is 2.70 bits per heavy atom. The molecule has 0 bridgehead atoms. The topological polar surface area (TPSA) is 69.0 Å². The summed E-state index contributed by atoms with van der Waals surface area (Å²) in [5.41, 5.74) is 1.59. The largest absolute Gasteiger partial charge is 0.495 e. The van der Waals surface area contributed by atoms with Crippen LogP contribution in [0, 0.1) is 0 Å². The van der Waals surface area contributed by atoms with Gasteiger partial charge in [0, 0.05) is 17.3 Å². The molecule has 0 spiro atoms. The Morgan fingerprint density at radius 1 is 1.15 bits per heavy atom. The molecule has 2 aromatic carbocycles. The van der Waals surface area contributed by atoms with E-state index in [2.05, 4.69) is 22.1 Å². The summed E-state index contributed by atoms with van der Waals surface area (Å²) in [6.45, 7) is 4.36. The number of halogens is 3. The molecule has 0 fully saturated rings. The predicted octanol–water partition coefficient (Wildman–Crippen LogP) is 6.60. The Balaban J connectivity index is 1.59. The lowest BCUT2D eigenvalue weighted by molar-refractivity contribution is -0.113. The highest BCUT2D eigenvalue weighted by atomic mass is 35.5. The number of hydrogen-bond acceptors (Lipinski definition) is 6. The van der Waals surface area contributed by atoms with Crippen molar-refractivity contribution in [3.63, 3.8) is 0 Å². The van der Waals surface area contributed by atoms with Crippen molar-refractivity contribution in [1.82, 2.24) is 14.8 Å². The third-order valence-corrected chi connectivity index (χ3v) is 7.30. The fraction of sp³-hybridized carbons (Fsp3) is 0.227. The highest BCUT2D eigenvalue weighted by Crippen LogP contribution is 2.29. The average Bonchev–Trinajstić information content (AvgIpc) is 3.17. The zero-order valence-electron chi connectivity index (χ0n) is 17.7. The summed E-state index contributed by atoms with van der Waals surface area (Å²) in [6.07, 6.45) is 1.78. The smallest absolute Gasteiger partial charge is 0.234 e. The molecule has 3 rings (SSSR count). The third-order valence-electron chi connectivity index (χ3n) is 4.36. The fourth-order valence-corrected chi connectivity index (χ4v) is 5.00. The Morgan fingerprint density at radius 2 is 1.97 bits per heavy atom. The number of methoxy groups -OCH3 is 1. The minimum Gasteiger partial charge on any atom is -0.495 e. The zero-order chi connectivity index (χ0) is 23.8. The number of aromatic nitrogens is 3. The number of benzene rings is 2. The number of thioether (sulfide) groups is 2. The van der Waals surface area contributed by atoms with Crippen molar-refractivity contribution < 1.29 is 9.53 Å². The predicted molar refractivity (Wildman–Crippen MR) is 139 cm³/mol. The first kappa shape index (κ1) is 25.8. The number of allylic oxidation sites excluding steroid dienone is 1. The molecular weight excluding hydrogens is 523 g/mol. The van der Waals surface area contributed by atoms with Gasteiger partial charge in [0.15, 0.2) is 5.16 Å². The van der Waals surface area contributed by atoms with Gasteiger partial charge in [-0.1, -0.05) is 58.7 Å². The second kappa shape index (κ2) is 12.6. The van der Waals surface area contributed by atoms with Gasteiger partial charge in [0.05, 0.1) is 34.3 Å². The Kier molecular flexibility index (Phi) is 9.82. The molecule has 1 heterocycles. The van der Waals surface area contributed by atoms with Gasteiger partial charge in [0.1, 0.15) is 11.6 Å². The molecule has 6 nitrogen and oxygen atoms in total. The van der Waals surface area contributed by atoms with E-state index < -0.39 is 0 Å². The van der Waals surface area contributed by atoms with E-state index in [0.29, 0.717) is 44.0 Å². The number of carbonyl (C=O) groups excluding carboxylic acids is 1. The minimum atomic E-state index is -0.204. The average molecular weight is 544 g/mol. The van der Waals surface area contributed by atoms with E-state index in [0.717, 1.165) is 17.1 Å². The zero-order valence-corrected chi connectivity index (χ0v) is 21.6. The monoisotopic (exact) mass is 542 g/mol. The van der Waals surface area contributed by atoms with E-state index in [9.17, 15) is 4.79 Å². The number of carbonyl (C=O) groups is 1. The van der Waals surface area contributed by atoms with E-state index in [4.69, 9.17) is 39.5 Å². The quantitative estimate of drug-likeness (QED) is 0.217. The summed E-state index contributed by atoms with van der Waals surface area (Å²) in [7, 11) is 1.53. The Labute approximate surface area is 216 Å². The van der Waals surface area contributed by atoms with E-state index in [-0.39, 0.29) is 11.7 Å². The van der Waals surface area contributed by atoms with Crippen molar-refractivity contribution >= 4 is 69.9 Å². The van der Waals surface area contributed by atoms with E-state index in [1.165, 1.54) is 18.9 Å². The van der Waals surface area contributed by atoms with Crippen LogP contribution in [0.3, 0.4) is 0 Å². The molecule has 3 aromatic rings. The van der Waals surface area contributed by atoms with Crippen LogP contribution < -0.4 is 10.1 Å². The second-order valence-corrected chi connectivity index (χ2v) is 9.90. The summed E-state index contributed by atoms with van der Waals surface area (Å²) >= 11 is 21.1. The maximum absolute atomic E-state index is 12.5. The molecular formula is C22H21Cl3N4O2S2. The first-order chi connectivity index (χ1) is 15.9. The first-order valence-corrected chi connectivity index (χ1v) is 13.0. The highest BCUT2D eigenvalue weighted by Gasteiger charge is 2.15. The molecule has 1 N–H and O–H groups in total. The molecule has 0 saturated heterocycles. The van der Waals surface area contributed by atoms with Gasteiger partial charge in [0.25, 0.3) is 0 Å². The standard InChI is InChI=1S/C22H21Cl3N4O2S2/c1-3-8-29-20(12-32-11-14-4-6-16(24)17(25)9-14)27-28-22(29)33-13-21(30)26-18-10-15(23)5-7-19(18)31-2/h3-7,9-10H,1,8,11-13H2,2H3,(H,26,30). The van der Waals surface area contributed by atoms with Crippen LogP contribution in [-0.2, 0) is 22.8 Å². The van der Waals surface area contributed by atoms with Gasteiger partial charge in [-0.05, 0) is 35.9 Å². The number of anilines is 1. The molecule has 0 radical (unpaired) electrons. The summed E-state index contributed by atoms with van der Waals surface area (Å²) < 4.78 is 7.22. The summed E-state index contributed by atoms with van der Waals surface area (Å²) in [5.74, 6) is 2.69. The van der Waals surface area contributed by atoms with Crippen LogP contribution in [0.4, 0.5) is 5.69 Å². The van der Waals surface area contributed by atoms with Crippen molar-refractivity contribution in [2.24, 2.45) is 0 Å². The van der Waals surface area contributed by atoms with E-state index in [1.54, 1.807) is 42.1 Å². The van der Waals surface area contributed by atoms with Gasteiger partial charge < -0.3 is 14.6 Å².